The first-order valence-electron chi connectivity index (χ1n) is 7.73. The number of hydrogen-bond donors (Lipinski definition) is 2. The summed E-state index contributed by atoms with van der Waals surface area (Å²) in [6.45, 7) is 1.06. The fourth-order valence-electron chi connectivity index (χ4n) is 2.78. The number of carbonyl (C=O) groups excluding carboxylic acids is 3. The fraction of sp³-hybridized carbons (Fsp3) is 0.375. The van der Waals surface area contributed by atoms with Crippen molar-refractivity contribution in [1.29, 1.82) is 0 Å². The van der Waals surface area contributed by atoms with Crippen LogP contribution in [0.25, 0.3) is 0 Å². The summed E-state index contributed by atoms with van der Waals surface area (Å²) in [7, 11) is 0. The molecule has 0 aromatic carbocycles. The van der Waals surface area contributed by atoms with E-state index in [2.05, 4.69) is 5.32 Å². The molecule has 2 N–H and O–H groups in total. The number of rotatable bonds is 6. The van der Waals surface area contributed by atoms with Gasteiger partial charge in [0.15, 0.2) is 0 Å². The number of ether oxygens (including phenoxy) is 1. The molecule has 1 fully saturated rings. The van der Waals surface area contributed by atoms with Crippen LogP contribution in [0.15, 0.2) is 28.8 Å². The van der Waals surface area contributed by atoms with Crippen molar-refractivity contribution in [2.45, 2.75) is 24.8 Å². The Bertz CT molecular complexity index is 789. The normalized spacial score (nSPS) is 21.7. The number of nitrogens with one attached hydrogen (secondary N) is 1. The molecule has 138 valence electrons. The van der Waals surface area contributed by atoms with Crippen molar-refractivity contribution in [1.82, 2.24) is 10.2 Å². The predicted molar refractivity (Wildman–Crippen MR) is 94.3 cm³/mol. The summed E-state index contributed by atoms with van der Waals surface area (Å²) < 4.78 is 4.87. The highest BCUT2D eigenvalue weighted by atomic mass is 32.2. The number of thioether (sulfide) groups is 1. The SMILES string of the molecule is CC(=O)OCC1=C(C(=O)O)N2C(=O)[C@@H](NC(=O)Cc3cccs3)[C@@H]2SC1. The average Bonchev–Trinajstić information content (AvgIpc) is 3.09. The number of hydrogen-bond acceptors (Lipinski definition) is 7. The van der Waals surface area contributed by atoms with Crippen molar-refractivity contribution in [2.24, 2.45) is 0 Å². The molecule has 0 saturated carbocycles. The van der Waals surface area contributed by atoms with Gasteiger partial charge in [0.25, 0.3) is 5.91 Å². The van der Waals surface area contributed by atoms with Crippen LogP contribution in [0.1, 0.15) is 11.8 Å². The molecule has 1 aromatic rings. The lowest BCUT2D eigenvalue weighted by molar-refractivity contribution is -0.151. The highest BCUT2D eigenvalue weighted by Gasteiger charge is 2.54. The maximum absolute atomic E-state index is 12.4. The predicted octanol–water partition coefficient (Wildman–Crippen LogP) is 0.592. The second-order valence-corrected chi connectivity index (χ2v) is 7.89. The van der Waals surface area contributed by atoms with E-state index in [4.69, 9.17) is 4.74 Å². The lowest BCUT2D eigenvalue weighted by atomic mass is 10.0. The van der Waals surface area contributed by atoms with Gasteiger partial charge < -0.3 is 15.2 Å². The molecular weight excluding hydrogens is 380 g/mol. The van der Waals surface area contributed by atoms with E-state index in [1.165, 1.54) is 30.0 Å². The molecule has 1 aromatic heterocycles. The topological polar surface area (TPSA) is 113 Å². The van der Waals surface area contributed by atoms with Crippen LogP contribution < -0.4 is 5.32 Å². The minimum atomic E-state index is -1.26. The Morgan fingerprint density at radius 1 is 1.42 bits per heavy atom. The van der Waals surface area contributed by atoms with Gasteiger partial charge in [-0.1, -0.05) is 6.07 Å². The molecular formula is C16H16N2O6S2. The monoisotopic (exact) mass is 396 g/mol. The van der Waals surface area contributed by atoms with Crippen molar-refractivity contribution in [3.63, 3.8) is 0 Å². The third kappa shape index (κ3) is 3.61. The molecule has 0 aliphatic carbocycles. The van der Waals surface area contributed by atoms with Crippen LogP contribution in [0.2, 0.25) is 0 Å². The number of β-lactam (4-membered cyclic amide) rings is 1. The zero-order valence-electron chi connectivity index (χ0n) is 13.8. The maximum Gasteiger partial charge on any atom is 0.352 e. The highest BCUT2D eigenvalue weighted by molar-refractivity contribution is 8.00. The number of carboxylic acid groups (broad SMARTS) is 1. The van der Waals surface area contributed by atoms with Crippen molar-refractivity contribution in [3.05, 3.63) is 33.7 Å². The first-order valence-corrected chi connectivity index (χ1v) is 9.66. The number of aliphatic carboxylic acids is 1. The molecule has 26 heavy (non-hydrogen) atoms. The van der Waals surface area contributed by atoms with Gasteiger partial charge >= 0.3 is 11.9 Å². The molecule has 2 aliphatic rings. The van der Waals surface area contributed by atoms with E-state index in [1.807, 2.05) is 17.5 Å². The van der Waals surface area contributed by atoms with Gasteiger partial charge in [-0.15, -0.1) is 23.1 Å². The summed E-state index contributed by atoms with van der Waals surface area (Å²) in [5.41, 5.74) is 0.203. The van der Waals surface area contributed by atoms with E-state index in [0.717, 1.165) is 9.78 Å². The van der Waals surface area contributed by atoms with Crippen LogP contribution in [0.4, 0.5) is 0 Å². The molecule has 2 aliphatic heterocycles. The van der Waals surface area contributed by atoms with Crippen molar-refractivity contribution in [2.75, 3.05) is 12.4 Å². The van der Waals surface area contributed by atoms with E-state index in [9.17, 15) is 24.3 Å². The average molecular weight is 396 g/mol. The van der Waals surface area contributed by atoms with Crippen LogP contribution >= 0.6 is 23.1 Å². The van der Waals surface area contributed by atoms with Gasteiger partial charge in [-0.25, -0.2) is 4.79 Å². The second kappa shape index (κ2) is 7.50. The van der Waals surface area contributed by atoms with Crippen LogP contribution in [0.3, 0.4) is 0 Å². The number of amides is 2. The number of esters is 1. The third-order valence-corrected chi connectivity index (χ3v) is 6.15. The third-order valence-electron chi connectivity index (χ3n) is 3.93. The van der Waals surface area contributed by atoms with Crippen LogP contribution in [-0.2, 0) is 30.3 Å². The molecule has 2 atom stereocenters. The smallest absolute Gasteiger partial charge is 0.352 e. The Labute approximate surface area is 157 Å². The zero-order chi connectivity index (χ0) is 18.8. The fourth-order valence-corrected chi connectivity index (χ4v) is 4.81. The molecule has 3 heterocycles. The molecule has 8 nitrogen and oxygen atoms in total. The second-order valence-electron chi connectivity index (χ2n) is 5.75. The molecule has 1 saturated heterocycles. The van der Waals surface area contributed by atoms with Crippen LogP contribution in [-0.4, -0.2) is 57.5 Å². The number of carbonyl (C=O) groups is 4. The first kappa shape index (κ1) is 18.5. The van der Waals surface area contributed by atoms with Crippen molar-refractivity contribution >= 4 is 46.9 Å². The van der Waals surface area contributed by atoms with E-state index in [0.29, 0.717) is 11.3 Å². The van der Waals surface area contributed by atoms with Gasteiger partial charge in [-0.2, -0.15) is 0 Å². The van der Waals surface area contributed by atoms with Crippen molar-refractivity contribution in [3.8, 4) is 0 Å². The maximum atomic E-state index is 12.4. The summed E-state index contributed by atoms with van der Waals surface area (Å²) in [5.74, 6) is -2.23. The summed E-state index contributed by atoms with van der Waals surface area (Å²) in [6, 6.07) is 2.92. The Morgan fingerprint density at radius 3 is 2.81 bits per heavy atom. The van der Waals surface area contributed by atoms with Gasteiger partial charge in [0.1, 0.15) is 23.7 Å². The summed E-state index contributed by atoms with van der Waals surface area (Å²) in [4.78, 5) is 49.2. The van der Waals surface area contributed by atoms with Gasteiger partial charge in [0, 0.05) is 23.1 Å². The molecule has 2 amide bonds. The van der Waals surface area contributed by atoms with Gasteiger partial charge in [-0.3, -0.25) is 19.3 Å². The molecule has 0 spiro atoms. The zero-order valence-corrected chi connectivity index (χ0v) is 15.4. The number of thiophene rings is 1. The van der Waals surface area contributed by atoms with Crippen LogP contribution in [0, 0.1) is 0 Å². The largest absolute Gasteiger partial charge is 0.477 e. The van der Waals surface area contributed by atoms with Gasteiger partial charge in [0.05, 0.1) is 6.42 Å². The summed E-state index contributed by atoms with van der Waals surface area (Å²) in [5, 5.41) is 13.5. The molecule has 0 bridgehead atoms. The lowest BCUT2D eigenvalue weighted by Gasteiger charge is -2.49. The molecule has 3 rings (SSSR count). The summed E-state index contributed by atoms with van der Waals surface area (Å²) >= 11 is 2.79. The Kier molecular flexibility index (Phi) is 5.33. The number of fused-ring (bicyclic) bond motifs is 1. The number of nitrogens with zero attached hydrogens (tertiary/aromatic N) is 1. The lowest BCUT2D eigenvalue weighted by Crippen LogP contribution is -2.70. The Balaban J connectivity index is 1.69. The van der Waals surface area contributed by atoms with Gasteiger partial charge in [0.2, 0.25) is 5.91 Å². The highest BCUT2D eigenvalue weighted by Crippen LogP contribution is 2.40. The van der Waals surface area contributed by atoms with Crippen molar-refractivity contribution < 1.29 is 29.0 Å². The quantitative estimate of drug-likeness (QED) is 0.534. The Hall–Kier alpha value is -2.33. The van der Waals surface area contributed by atoms with E-state index in [-0.39, 0.29) is 24.6 Å². The minimum absolute atomic E-state index is 0.163. The molecule has 0 radical (unpaired) electrons. The summed E-state index contributed by atoms with van der Waals surface area (Å²) in [6.07, 6.45) is 0.179. The van der Waals surface area contributed by atoms with E-state index in [1.54, 1.807) is 0 Å². The standard InChI is InChI=1S/C16H16N2O6S2/c1-8(19)24-6-9-7-26-15-12(14(21)18(15)13(9)16(22)23)17-11(20)5-10-3-2-4-25-10/h2-4,12,15H,5-7H2,1H3,(H,17,20)(H,22,23)/t12-,15+/m1/s1. The van der Waals surface area contributed by atoms with Gasteiger partial charge in [-0.05, 0) is 11.4 Å². The molecule has 10 heteroatoms. The molecule has 0 unspecified atom stereocenters. The van der Waals surface area contributed by atoms with E-state index < -0.39 is 29.3 Å². The Morgan fingerprint density at radius 2 is 2.19 bits per heavy atom. The number of carboxylic acids is 1. The minimum Gasteiger partial charge on any atom is -0.477 e. The van der Waals surface area contributed by atoms with E-state index >= 15 is 0 Å². The first-order chi connectivity index (χ1) is 12.4. The van der Waals surface area contributed by atoms with Crippen LogP contribution in [0.5, 0.6) is 0 Å².